The van der Waals surface area contributed by atoms with Crippen LogP contribution >= 0.6 is 0 Å². The van der Waals surface area contributed by atoms with Crippen LogP contribution in [-0.2, 0) is 0 Å². The molecule has 1 aliphatic heterocycles. The fourth-order valence-corrected chi connectivity index (χ4v) is 2.33. The van der Waals surface area contributed by atoms with Crippen molar-refractivity contribution in [3.8, 4) is 0 Å². The van der Waals surface area contributed by atoms with E-state index in [-0.39, 0.29) is 0 Å². The lowest BCUT2D eigenvalue weighted by atomic mass is 10.0. The molecule has 3 heteroatoms. The third-order valence-corrected chi connectivity index (χ3v) is 3.48. The Morgan fingerprint density at radius 2 is 2.21 bits per heavy atom. The molecule has 2 N–H and O–H groups in total. The Hall–Kier alpha value is -1.77. The first-order chi connectivity index (χ1) is 9.27. The highest BCUT2D eigenvalue weighted by Crippen LogP contribution is 2.29. The van der Waals surface area contributed by atoms with E-state index >= 15 is 0 Å². The Kier molecular flexibility index (Phi) is 4.61. The molecule has 0 fully saturated rings. The Bertz CT molecular complexity index is 504. The monoisotopic (exact) mass is 257 g/mol. The van der Waals surface area contributed by atoms with Crippen LogP contribution < -0.4 is 5.32 Å². The average molecular weight is 257 g/mol. The second-order valence-electron chi connectivity index (χ2n) is 4.84. The number of hydrogen-bond donors (Lipinski definition) is 2. The van der Waals surface area contributed by atoms with Crippen LogP contribution in [0.2, 0.25) is 0 Å². The number of nitrogens with one attached hydrogen (secondary N) is 2. The van der Waals surface area contributed by atoms with E-state index in [1.165, 1.54) is 24.0 Å². The number of unbranched alkanes of at least 4 members (excludes halogenated alkanes) is 1. The minimum absolute atomic E-state index is 1.01. The molecule has 0 saturated carbocycles. The highest BCUT2D eigenvalue weighted by molar-refractivity contribution is 6.14. The Balaban J connectivity index is 2.20. The lowest BCUT2D eigenvalue weighted by molar-refractivity contribution is 0.732. The quantitative estimate of drug-likeness (QED) is 0.748. The van der Waals surface area contributed by atoms with Crippen LogP contribution in [0.25, 0.3) is 0 Å². The molecule has 0 atom stereocenters. The summed E-state index contributed by atoms with van der Waals surface area (Å²) in [6.07, 6.45) is 7.41. The van der Waals surface area contributed by atoms with E-state index in [1.54, 1.807) is 0 Å². The standard InChI is InChI=1S/C16H23N3/c1-4-6-9-17-11-15-12(3)13(5-2)16(19-15)14-8-7-10-18-14/h7-8,10-11,17-18H,4-6,9H2,1-3H3/b15-11-. The molecule has 0 spiro atoms. The molecule has 2 heterocycles. The fraction of sp³-hybridized carbons (Fsp3) is 0.438. The van der Waals surface area contributed by atoms with E-state index < -0.39 is 0 Å². The van der Waals surface area contributed by atoms with Gasteiger partial charge in [0.1, 0.15) is 0 Å². The van der Waals surface area contributed by atoms with Crippen molar-refractivity contribution in [3.63, 3.8) is 0 Å². The normalized spacial score (nSPS) is 17.2. The van der Waals surface area contributed by atoms with Gasteiger partial charge in [-0.15, -0.1) is 0 Å². The van der Waals surface area contributed by atoms with Crippen LogP contribution in [0.5, 0.6) is 0 Å². The number of nitrogens with zero attached hydrogens (tertiary/aromatic N) is 1. The lowest BCUT2D eigenvalue weighted by Gasteiger charge is -2.03. The molecule has 19 heavy (non-hydrogen) atoms. The van der Waals surface area contributed by atoms with Gasteiger partial charge in [-0.2, -0.15) is 0 Å². The molecule has 0 aromatic carbocycles. The van der Waals surface area contributed by atoms with E-state index in [2.05, 4.69) is 43.3 Å². The summed E-state index contributed by atoms with van der Waals surface area (Å²) in [6, 6.07) is 4.09. The van der Waals surface area contributed by atoms with Crippen molar-refractivity contribution in [2.45, 2.75) is 40.0 Å². The van der Waals surface area contributed by atoms with E-state index in [0.29, 0.717) is 0 Å². The first-order valence-electron chi connectivity index (χ1n) is 7.14. The van der Waals surface area contributed by atoms with Gasteiger partial charge in [0.25, 0.3) is 0 Å². The third-order valence-electron chi connectivity index (χ3n) is 3.48. The largest absolute Gasteiger partial charge is 0.389 e. The minimum atomic E-state index is 1.01. The van der Waals surface area contributed by atoms with Gasteiger partial charge in [-0.05, 0) is 43.0 Å². The zero-order chi connectivity index (χ0) is 13.7. The van der Waals surface area contributed by atoms with Crippen molar-refractivity contribution < 1.29 is 0 Å². The Labute approximate surface area is 115 Å². The first kappa shape index (κ1) is 13.7. The fourth-order valence-electron chi connectivity index (χ4n) is 2.33. The summed E-state index contributed by atoms with van der Waals surface area (Å²) in [5, 5.41) is 3.36. The van der Waals surface area contributed by atoms with Gasteiger partial charge in [-0.1, -0.05) is 20.3 Å². The number of aromatic amines is 1. The van der Waals surface area contributed by atoms with Gasteiger partial charge in [-0.3, -0.25) is 0 Å². The summed E-state index contributed by atoms with van der Waals surface area (Å²) in [5.41, 5.74) is 5.89. The number of allylic oxidation sites excluding steroid dienone is 2. The average Bonchev–Trinajstić information content (AvgIpc) is 3.03. The number of rotatable bonds is 6. The first-order valence-corrected chi connectivity index (χ1v) is 7.14. The number of aliphatic imine (C=N–C) groups is 1. The summed E-state index contributed by atoms with van der Waals surface area (Å²) in [7, 11) is 0. The molecule has 1 aromatic rings. The molecule has 0 unspecified atom stereocenters. The molecular formula is C16H23N3. The smallest absolute Gasteiger partial charge is 0.0907 e. The predicted molar refractivity (Wildman–Crippen MR) is 81.3 cm³/mol. The SMILES string of the molecule is CCCCN/C=C1\N=C(c2ccc[nH]2)C(CC)=C1C. The van der Waals surface area contributed by atoms with E-state index in [9.17, 15) is 0 Å². The van der Waals surface area contributed by atoms with Crippen molar-refractivity contribution in [1.82, 2.24) is 10.3 Å². The van der Waals surface area contributed by atoms with E-state index in [4.69, 9.17) is 4.99 Å². The molecule has 0 saturated heterocycles. The predicted octanol–water partition coefficient (Wildman–Crippen LogP) is 3.78. The number of aromatic nitrogens is 1. The summed E-state index contributed by atoms with van der Waals surface area (Å²) in [6.45, 7) is 7.56. The lowest BCUT2D eigenvalue weighted by Crippen LogP contribution is -2.07. The van der Waals surface area contributed by atoms with Crippen LogP contribution in [-0.4, -0.2) is 17.2 Å². The van der Waals surface area contributed by atoms with Crippen LogP contribution in [0, 0.1) is 0 Å². The van der Waals surface area contributed by atoms with Gasteiger partial charge in [0.2, 0.25) is 0 Å². The molecule has 1 aliphatic rings. The van der Waals surface area contributed by atoms with Crippen molar-refractivity contribution in [3.05, 3.63) is 47.1 Å². The second-order valence-corrected chi connectivity index (χ2v) is 4.84. The highest BCUT2D eigenvalue weighted by atomic mass is 14.9. The van der Waals surface area contributed by atoms with Gasteiger partial charge in [0.05, 0.1) is 17.1 Å². The van der Waals surface area contributed by atoms with Crippen LogP contribution in [0.15, 0.2) is 46.4 Å². The van der Waals surface area contributed by atoms with Gasteiger partial charge in [0.15, 0.2) is 0 Å². The van der Waals surface area contributed by atoms with Crippen LogP contribution in [0.1, 0.15) is 45.7 Å². The highest BCUT2D eigenvalue weighted by Gasteiger charge is 2.20. The van der Waals surface area contributed by atoms with Gasteiger partial charge < -0.3 is 10.3 Å². The Morgan fingerprint density at radius 1 is 1.37 bits per heavy atom. The van der Waals surface area contributed by atoms with E-state index in [0.717, 1.165) is 30.1 Å². The zero-order valence-electron chi connectivity index (χ0n) is 12.1. The molecule has 3 nitrogen and oxygen atoms in total. The summed E-state index contributed by atoms with van der Waals surface area (Å²) in [5.74, 6) is 0. The topological polar surface area (TPSA) is 40.2 Å². The molecular weight excluding hydrogens is 234 g/mol. The van der Waals surface area contributed by atoms with Gasteiger partial charge in [0, 0.05) is 18.9 Å². The molecule has 2 rings (SSSR count). The molecule has 0 bridgehead atoms. The number of hydrogen-bond acceptors (Lipinski definition) is 2. The zero-order valence-corrected chi connectivity index (χ0v) is 12.1. The maximum Gasteiger partial charge on any atom is 0.0907 e. The molecule has 102 valence electrons. The maximum atomic E-state index is 4.77. The summed E-state index contributed by atoms with van der Waals surface area (Å²) in [4.78, 5) is 8.02. The van der Waals surface area contributed by atoms with Gasteiger partial charge in [-0.25, -0.2) is 4.99 Å². The summed E-state index contributed by atoms with van der Waals surface area (Å²) >= 11 is 0. The molecule has 0 amide bonds. The van der Waals surface area contributed by atoms with Crippen molar-refractivity contribution in [1.29, 1.82) is 0 Å². The third kappa shape index (κ3) is 2.98. The second kappa shape index (κ2) is 6.41. The summed E-state index contributed by atoms with van der Waals surface area (Å²) < 4.78 is 0. The number of H-pyrrole nitrogens is 1. The van der Waals surface area contributed by atoms with Crippen LogP contribution in [0.4, 0.5) is 0 Å². The molecule has 1 aromatic heterocycles. The molecule has 0 radical (unpaired) electrons. The molecule has 0 aliphatic carbocycles. The van der Waals surface area contributed by atoms with Crippen molar-refractivity contribution >= 4 is 5.71 Å². The van der Waals surface area contributed by atoms with E-state index in [1.807, 2.05) is 12.3 Å². The van der Waals surface area contributed by atoms with Gasteiger partial charge >= 0.3 is 0 Å². The van der Waals surface area contributed by atoms with Crippen LogP contribution in [0.3, 0.4) is 0 Å². The minimum Gasteiger partial charge on any atom is -0.389 e. The van der Waals surface area contributed by atoms with Crippen molar-refractivity contribution in [2.24, 2.45) is 4.99 Å². The van der Waals surface area contributed by atoms with Crippen molar-refractivity contribution in [2.75, 3.05) is 6.54 Å². The Morgan fingerprint density at radius 3 is 2.84 bits per heavy atom. The maximum absolute atomic E-state index is 4.77.